The molecular weight excluding hydrogens is 400 g/mol. The van der Waals surface area contributed by atoms with Gasteiger partial charge in [-0.05, 0) is 55.9 Å². The third kappa shape index (κ3) is 4.59. The smallest absolute Gasteiger partial charge is 0.166 e. The van der Waals surface area contributed by atoms with Crippen molar-refractivity contribution >= 4 is 5.78 Å². The first-order valence-electron chi connectivity index (χ1n) is 10.9. The first-order valence-corrected chi connectivity index (χ1v) is 10.9. The molecule has 0 saturated carbocycles. The van der Waals surface area contributed by atoms with E-state index in [0.717, 1.165) is 5.56 Å². The fourth-order valence-electron chi connectivity index (χ4n) is 4.79. The van der Waals surface area contributed by atoms with Gasteiger partial charge in [0.05, 0.1) is 14.2 Å². The molecule has 4 rings (SSSR count). The van der Waals surface area contributed by atoms with Gasteiger partial charge in [0.25, 0.3) is 0 Å². The van der Waals surface area contributed by atoms with Gasteiger partial charge >= 0.3 is 0 Å². The summed E-state index contributed by atoms with van der Waals surface area (Å²) < 4.78 is 40.0. The van der Waals surface area contributed by atoms with Crippen LogP contribution >= 0.6 is 0 Å². The zero-order valence-electron chi connectivity index (χ0n) is 18.1. The number of ketones is 1. The van der Waals surface area contributed by atoms with Crippen molar-refractivity contribution in [3.05, 3.63) is 58.9 Å². The van der Waals surface area contributed by atoms with E-state index in [1.807, 2.05) is 12.1 Å². The number of fused-ring (bicyclic) bond motifs is 1. The maximum Gasteiger partial charge on any atom is 0.166 e. The Hall–Kier alpha value is -2.47. The minimum Gasteiger partial charge on any atom is -0.493 e. The summed E-state index contributed by atoms with van der Waals surface area (Å²) >= 11 is 0. The van der Waals surface area contributed by atoms with Crippen molar-refractivity contribution in [3.8, 4) is 11.5 Å². The van der Waals surface area contributed by atoms with Gasteiger partial charge in [0.1, 0.15) is 11.5 Å². The van der Waals surface area contributed by atoms with Gasteiger partial charge in [0.2, 0.25) is 0 Å². The van der Waals surface area contributed by atoms with Crippen LogP contribution in [0.25, 0.3) is 0 Å². The Balaban J connectivity index is 1.32. The zero-order valence-corrected chi connectivity index (χ0v) is 18.1. The Morgan fingerprint density at radius 3 is 2.45 bits per heavy atom. The second-order valence-corrected chi connectivity index (χ2v) is 8.69. The van der Waals surface area contributed by atoms with Crippen molar-refractivity contribution in [1.82, 2.24) is 4.90 Å². The SMILES string of the molecule is COc1cc2c(cc1OC)C(=O)C(CCC1(F)CCN(Cc3ccccc3F)CC1)C2. The van der Waals surface area contributed by atoms with Gasteiger partial charge in [-0.1, -0.05) is 18.2 Å². The van der Waals surface area contributed by atoms with Gasteiger partial charge in [-0.3, -0.25) is 9.69 Å². The fourth-order valence-corrected chi connectivity index (χ4v) is 4.79. The van der Waals surface area contributed by atoms with Gasteiger partial charge in [-0.15, -0.1) is 0 Å². The summed E-state index contributed by atoms with van der Waals surface area (Å²) in [5, 5.41) is 0. The molecule has 1 aliphatic carbocycles. The molecule has 0 N–H and O–H groups in total. The van der Waals surface area contributed by atoms with Crippen LogP contribution in [0.2, 0.25) is 0 Å². The molecule has 1 atom stereocenters. The third-order valence-corrected chi connectivity index (χ3v) is 6.76. The second kappa shape index (κ2) is 8.95. The number of Topliss-reactive ketones (excluding diaryl/α,β-unsaturated/α-hetero) is 1. The molecule has 1 fully saturated rings. The van der Waals surface area contributed by atoms with E-state index in [1.54, 1.807) is 32.4 Å². The summed E-state index contributed by atoms with van der Waals surface area (Å²) in [5.41, 5.74) is 0.987. The largest absolute Gasteiger partial charge is 0.493 e. The number of methoxy groups -OCH3 is 2. The Morgan fingerprint density at radius 2 is 1.77 bits per heavy atom. The molecule has 1 aliphatic heterocycles. The van der Waals surface area contributed by atoms with Gasteiger partial charge in [-0.2, -0.15) is 0 Å². The summed E-state index contributed by atoms with van der Waals surface area (Å²) in [5.74, 6) is 0.804. The van der Waals surface area contributed by atoms with Crippen molar-refractivity contribution < 1.29 is 23.0 Å². The van der Waals surface area contributed by atoms with Crippen molar-refractivity contribution in [1.29, 1.82) is 0 Å². The van der Waals surface area contributed by atoms with E-state index in [4.69, 9.17) is 9.47 Å². The second-order valence-electron chi connectivity index (χ2n) is 8.69. The van der Waals surface area contributed by atoms with E-state index < -0.39 is 5.67 Å². The standard InChI is InChI=1S/C25H29F2NO3/c1-30-22-14-19-13-17(24(29)20(19)15-23(22)31-2)7-8-25(27)9-11-28(12-10-25)16-18-5-3-4-6-21(18)26/h3-6,14-15,17H,7-13,16H2,1-2H3. The van der Waals surface area contributed by atoms with Crippen LogP contribution in [0.1, 0.15) is 47.2 Å². The van der Waals surface area contributed by atoms with Crippen molar-refractivity contribution in [2.75, 3.05) is 27.3 Å². The maximum atomic E-state index is 15.5. The van der Waals surface area contributed by atoms with Crippen LogP contribution in [-0.2, 0) is 13.0 Å². The molecule has 166 valence electrons. The number of carbonyl (C=O) groups excluding carboxylic acids is 1. The lowest BCUT2D eigenvalue weighted by molar-refractivity contribution is 0.0418. The number of likely N-dealkylation sites (tertiary alicyclic amines) is 1. The molecule has 1 unspecified atom stereocenters. The predicted molar refractivity (Wildman–Crippen MR) is 115 cm³/mol. The molecule has 0 radical (unpaired) electrons. The number of ether oxygens (including phenoxy) is 2. The van der Waals surface area contributed by atoms with Crippen LogP contribution in [0.15, 0.2) is 36.4 Å². The van der Waals surface area contributed by atoms with Crippen LogP contribution < -0.4 is 9.47 Å². The minimum atomic E-state index is -1.27. The molecule has 2 aliphatic rings. The van der Waals surface area contributed by atoms with E-state index in [1.165, 1.54) is 6.07 Å². The van der Waals surface area contributed by atoms with Crippen molar-refractivity contribution in [3.63, 3.8) is 0 Å². The molecule has 0 bridgehead atoms. The number of hydrogen-bond donors (Lipinski definition) is 0. The highest BCUT2D eigenvalue weighted by Crippen LogP contribution is 2.40. The summed E-state index contributed by atoms with van der Waals surface area (Å²) in [6.07, 6.45) is 2.35. The Morgan fingerprint density at radius 1 is 1.10 bits per heavy atom. The van der Waals surface area contributed by atoms with Gasteiger partial charge in [0.15, 0.2) is 17.3 Å². The number of benzene rings is 2. The minimum absolute atomic E-state index is 0.0662. The van der Waals surface area contributed by atoms with Crippen LogP contribution in [0.5, 0.6) is 11.5 Å². The van der Waals surface area contributed by atoms with E-state index in [0.29, 0.717) is 74.4 Å². The quantitative estimate of drug-likeness (QED) is 0.622. The van der Waals surface area contributed by atoms with Gasteiger partial charge in [0, 0.05) is 36.7 Å². The van der Waals surface area contributed by atoms with Crippen LogP contribution in [0.4, 0.5) is 8.78 Å². The molecule has 1 saturated heterocycles. The zero-order chi connectivity index (χ0) is 22.0. The number of piperidine rings is 1. The van der Waals surface area contributed by atoms with E-state index in [-0.39, 0.29) is 17.5 Å². The first-order chi connectivity index (χ1) is 14.9. The molecule has 2 aromatic carbocycles. The fraction of sp³-hybridized carbons (Fsp3) is 0.480. The van der Waals surface area contributed by atoms with Gasteiger partial charge < -0.3 is 9.47 Å². The summed E-state index contributed by atoms with van der Waals surface area (Å²) in [6, 6.07) is 10.3. The molecule has 6 heteroatoms. The predicted octanol–water partition coefficient (Wildman–Crippen LogP) is 4.98. The lowest BCUT2D eigenvalue weighted by Crippen LogP contribution is -2.41. The highest BCUT2D eigenvalue weighted by Gasteiger charge is 2.38. The molecular formula is C25H29F2NO3. The van der Waals surface area contributed by atoms with E-state index in [2.05, 4.69) is 4.90 Å². The lowest BCUT2D eigenvalue weighted by Gasteiger charge is -2.37. The number of rotatable bonds is 7. The molecule has 0 aromatic heterocycles. The Labute approximate surface area is 182 Å². The molecule has 4 nitrogen and oxygen atoms in total. The molecule has 0 amide bonds. The first kappa shape index (κ1) is 21.8. The van der Waals surface area contributed by atoms with E-state index >= 15 is 4.39 Å². The summed E-state index contributed by atoms with van der Waals surface area (Å²) in [6.45, 7) is 1.69. The molecule has 2 aromatic rings. The summed E-state index contributed by atoms with van der Waals surface area (Å²) in [7, 11) is 3.12. The average molecular weight is 430 g/mol. The number of alkyl halides is 1. The van der Waals surface area contributed by atoms with Crippen LogP contribution in [0, 0.1) is 11.7 Å². The van der Waals surface area contributed by atoms with Gasteiger partial charge in [-0.25, -0.2) is 8.78 Å². The maximum absolute atomic E-state index is 15.5. The normalized spacial score (nSPS) is 20.5. The molecule has 0 spiro atoms. The monoisotopic (exact) mass is 429 g/mol. The Kier molecular flexibility index (Phi) is 6.28. The Bertz CT molecular complexity index is 954. The van der Waals surface area contributed by atoms with Crippen LogP contribution in [0.3, 0.4) is 0 Å². The topological polar surface area (TPSA) is 38.8 Å². The average Bonchev–Trinajstić information content (AvgIpc) is 3.09. The number of hydrogen-bond acceptors (Lipinski definition) is 4. The van der Waals surface area contributed by atoms with E-state index in [9.17, 15) is 9.18 Å². The molecule has 31 heavy (non-hydrogen) atoms. The van der Waals surface area contributed by atoms with Crippen LogP contribution in [-0.4, -0.2) is 43.7 Å². The number of nitrogens with zero attached hydrogens (tertiary/aromatic N) is 1. The molecule has 1 heterocycles. The number of halogens is 2. The number of carbonyl (C=O) groups is 1. The summed E-state index contributed by atoms with van der Waals surface area (Å²) in [4.78, 5) is 15.0. The highest BCUT2D eigenvalue weighted by atomic mass is 19.1. The third-order valence-electron chi connectivity index (χ3n) is 6.76. The van der Waals surface area contributed by atoms with Crippen molar-refractivity contribution in [2.45, 2.75) is 44.3 Å². The van der Waals surface area contributed by atoms with Crippen molar-refractivity contribution in [2.24, 2.45) is 5.92 Å². The lowest BCUT2D eigenvalue weighted by atomic mass is 9.85. The highest BCUT2D eigenvalue weighted by molar-refractivity contribution is 6.02.